The molecule has 6 nitrogen and oxygen atoms in total. The van der Waals surface area contributed by atoms with Gasteiger partial charge in [-0.05, 0) is 43.5 Å². The summed E-state index contributed by atoms with van der Waals surface area (Å²) in [5.74, 6) is 0.209. The van der Waals surface area contributed by atoms with Crippen LogP contribution < -0.4 is 10.2 Å². The number of carbonyl (C=O) groups excluding carboxylic acids is 2. The van der Waals surface area contributed by atoms with Crippen LogP contribution in [0.4, 0.5) is 5.69 Å². The minimum Gasteiger partial charge on any atom is -0.346 e. The number of aromatic nitrogens is 2. The van der Waals surface area contributed by atoms with E-state index < -0.39 is 0 Å². The molecule has 0 aliphatic carbocycles. The van der Waals surface area contributed by atoms with E-state index in [0.29, 0.717) is 12.4 Å². The van der Waals surface area contributed by atoms with Crippen LogP contribution in [0.15, 0.2) is 53.4 Å². The number of hydrogen-bond donors (Lipinski definition) is 2. The summed E-state index contributed by atoms with van der Waals surface area (Å²) in [4.78, 5) is 35.8. The number of aromatic amines is 1. The summed E-state index contributed by atoms with van der Waals surface area (Å²) in [5.41, 5.74) is 2.65. The number of amides is 2. The first-order chi connectivity index (χ1) is 13.5. The average molecular weight is 395 g/mol. The van der Waals surface area contributed by atoms with Crippen molar-refractivity contribution in [1.82, 2.24) is 15.3 Å². The van der Waals surface area contributed by atoms with Crippen molar-refractivity contribution in [2.24, 2.45) is 5.92 Å². The van der Waals surface area contributed by atoms with Gasteiger partial charge in [-0.3, -0.25) is 9.59 Å². The molecular formula is C21H22N4O2S. The van der Waals surface area contributed by atoms with E-state index >= 15 is 0 Å². The zero-order chi connectivity index (χ0) is 19.7. The Hall–Kier alpha value is -2.80. The fraction of sp³-hybridized carbons (Fsp3) is 0.286. The molecule has 2 aromatic carbocycles. The normalized spacial score (nSPS) is 17.9. The first-order valence-corrected chi connectivity index (χ1v) is 10.5. The van der Waals surface area contributed by atoms with E-state index in [1.807, 2.05) is 61.7 Å². The summed E-state index contributed by atoms with van der Waals surface area (Å²) in [6.45, 7) is 2.29. The van der Waals surface area contributed by atoms with E-state index in [4.69, 9.17) is 0 Å². The van der Waals surface area contributed by atoms with Crippen molar-refractivity contribution in [3.8, 4) is 0 Å². The van der Waals surface area contributed by atoms with E-state index in [1.165, 1.54) is 0 Å². The first kappa shape index (κ1) is 18.6. The van der Waals surface area contributed by atoms with Crippen LogP contribution in [-0.4, -0.2) is 34.6 Å². The van der Waals surface area contributed by atoms with Crippen molar-refractivity contribution in [2.45, 2.75) is 24.3 Å². The highest BCUT2D eigenvalue weighted by atomic mass is 32.2. The third-order valence-corrected chi connectivity index (χ3v) is 5.76. The van der Waals surface area contributed by atoms with E-state index in [2.05, 4.69) is 15.3 Å². The quantitative estimate of drug-likeness (QED) is 0.649. The Labute approximate surface area is 167 Å². The topological polar surface area (TPSA) is 78.1 Å². The summed E-state index contributed by atoms with van der Waals surface area (Å²) in [6.07, 6.45) is 2.22. The van der Waals surface area contributed by atoms with Gasteiger partial charge in [-0.15, -0.1) is 11.8 Å². The van der Waals surface area contributed by atoms with Crippen LogP contribution in [0.25, 0.3) is 11.0 Å². The molecule has 2 amide bonds. The minimum absolute atomic E-state index is 0.0187. The van der Waals surface area contributed by atoms with E-state index in [-0.39, 0.29) is 30.2 Å². The lowest BCUT2D eigenvalue weighted by Crippen LogP contribution is -2.35. The molecule has 28 heavy (non-hydrogen) atoms. The number of anilines is 1. The Balaban J connectivity index is 1.44. The number of nitrogens with one attached hydrogen (secondary N) is 2. The lowest BCUT2D eigenvalue weighted by molar-refractivity contribution is -0.126. The Morgan fingerprint density at radius 3 is 2.89 bits per heavy atom. The largest absolute Gasteiger partial charge is 0.346 e. The van der Waals surface area contributed by atoms with E-state index in [1.54, 1.807) is 16.7 Å². The van der Waals surface area contributed by atoms with Gasteiger partial charge in [0.15, 0.2) is 0 Å². The van der Waals surface area contributed by atoms with Crippen molar-refractivity contribution in [3.63, 3.8) is 0 Å². The molecule has 2 atom stereocenters. The lowest BCUT2D eigenvalue weighted by atomic mass is 10.1. The van der Waals surface area contributed by atoms with Crippen LogP contribution in [0.3, 0.4) is 0 Å². The average Bonchev–Trinajstić information content (AvgIpc) is 3.31. The molecule has 2 heterocycles. The van der Waals surface area contributed by atoms with Gasteiger partial charge in [0.05, 0.1) is 23.0 Å². The molecule has 1 saturated heterocycles. The Morgan fingerprint density at radius 2 is 2.11 bits per heavy atom. The van der Waals surface area contributed by atoms with Crippen LogP contribution in [0.1, 0.15) is 25.2 Å². The second kappa shape index (κ2) is 7.67. The zero-order valence-corrected chi connectivity index (χ0v) is 16.6. The summed E-state index contributed by atoms with van der Waals surface area (Å²) >= 11 is 1.63. The summed E-state index contributed by atoms with van der Waals surface area (Å²) < 4.78 is 0. The molecule has 0 bridgehead atoms. The predicted octanol–water partition coefficient (Wildman–Crippen LogP) is 3.52. The first-order valence-electron chi connectivity index (χ1n) is 9.24. The number of nitrogens with zero attached hydrogens (tertiary/aromatic N) is 2. The molecule has 144 valence electrons. The molecule has 4 rings (SSSR count). The highest BCUT2D eigenvalue weighted by molar-refractivity contribution is 7.98. The van der Waals surface area contributed by atoms with Crippen molar-refractivity contribution < 1.29 is 9.59 Å². The monoisotopic (exact) mass is 394 g/mol. The smallest absolute Gasteiger partial charge is 0.227 e. The second-order valence-electron chi connectivity index (χ2n) is 6.98. The van der Waals surface area contributed by atoms with E-state index in [0.717, 1.165) is 21.6 Å². The molecule has 7 heteroatoms. The van der Waals surface area contributed by atoms with E-state index in [9.17, 15) is 9.59 Å². The van der Waals surface area contributed by atoms with Gasteiger partial charge >= 0.3 is 0 Å². The number of rotatable bonds is 5. The van der Waals surface area contributed by atoms with Crippen LogP contribution in [0.5, 0.6) is 0 Å². The number of fused-ring (bicyclic) bond motifs is 1. The molecule has 0 unspecified atom stereocenters. The van der Waals surface area contributed by atoms with Gasteiger partial charge in [0, 0.05) is 23.5 Å². The van der Waals surface area contributed by atoms with Gasteiger partial charge in [0.1, 0.15) is 5.82 Å². The Kier molecular flexibility index (Phi) is 5.09. The zero-order valence-electron chi connectivity index (χ0n) is 15.8. The van der Waals surface area contributed by atoms with Crippen LogP contribution >= 0.6 is 11.8 Å². The molecular weight excluding hydrogens is 372 g/mol. The SMILES string of the molecule is CSc1cccc(N2C[C@H](C(=O)N[C@@H](C)c3nc4ccccc4[nH]3)CC2=O)c1. The van der Waals surface area contributed by atoms with Crippen LogP contribution in [0.2, 0.25) is 0 Å². The second-order valence-corrected chi connectivity index (χ2v) is 7.86. The van der Waals surface area contributed by atoms with Gasteiger partial charge in [-0.1, -0.05) is 18.2 Å². The van der Waals surface area contributed by atoms with Crippen LogP contribution in [-0.2, 0) is 9.59 Å². The number of hydrogen-bond acceptors (Lipinski definition) is 4. The molecule has 0 radical (unpaired) electrons. The maximum absolute atomic E-state index is 12.8. The third kappa shape index (κ3) is 3.62. The molecule has 2 N–H and O–H groups in total. The standard InChI is InChI=1S/C21H22N4O2S/c1-13(20-23-17-8-3-4-9-18(17)24-20)22-21(27)14-10-19(26)25(12-14)15-6-5-7-16(11-15)28-2/h3-9,11,13-14H,10,12H2,1-2H3,(H,22,27)(H,23,24)/t13-,14+/m0/s1. The van der Waals surface area contributed by atoms with Gasteiger partial charge < -0.3 is 15.2 Å². The molecule has 3 aromatic rings. The highest BCUT2D eigenvalue weighted by Gasteiger charge is 2.35. The van der Waals surface area contributed by atoms with Gasteiger partial charge in [0.2, 0.25) is 11.8 Å². The highest BCUT2D eigenvalue weighted by Crippen LogP contribution is 2.28. The van der Waals surface area contributed by atoms with Crippen LogP contribution in [0, 0.1) is 5.92 Å². The summed E-state index contributed by atoms with van der Waals surface area (Å²) in [6, 6.07) is 15.3. The molecule has 1 aliphatic rings. The molecule has 1 aromatic heterocycles. The number of para-hydroxylation sites is 2. The van der Waals surface area contributed by atoms with Gasteiger partial charge in [-0.2, -0.15) is 0 Å². The summed E-state index contributed by atoms with van der Waals surface area (Å²) in [5, 5.41) is 3.00. The summed E-state index contributed by atoms with van der Waals surface area (Å²) in [7, 11) is 0. The molecule has 0 spiro atoms. The number of H-pyrrole nitrogens is 1. The van der Waals surface area contributed by atoms with Gasteiger partial charge in [-0.25, -0.2) is 4.98 Å². The Bertz CT molecular complexity index is 999. The number of benzene rings is 2. The molecule has 1 aliphatic heterocycles. The predicted molar refractivity (Wildman–Crippen MR) is 111 cm³/mol. The van der Waals surface area contributed by atoms with Crippen molar-refractivity contribution in [1.29, 1.82) is 0 Å². The lowest BCUT2D eigenvalue weighted by Gasteiger charge is -2.18. The van der Waals surface area contributed by atoms with Gasteiger partial charge in [0.25, 0.3) is 0 Å². The number of carbonyl (C=O) groups is 2. The number of imidazole rings is 1. The minimum atomic E-state index is -0.364. The fourth-order valence-corrected chi connectivity index (χ4v) is 3.94. The number of thioether (sulfide) groups is 1. The third-order valence-electron chi connectivity index (χ3n) is 5.04. The maximum atomic E-state index is 12.8. The molecule has 1 fully saturated rings. The maximum Gasteiger partial charge on any atom is 0.227 e. The Morgan fingerprint density at radius 1 is 1.29 bits per heavy atom. The van der Waals surface area contributed by atoms with Crippen molar-refractivity contribution >= 4 is 40.3 Å². The van der Waals surface area contributed by atoms with Crippen molar-refractivity contribution in [3.05, 3.63) is 54.4 Å². The molecule has 0 saturated carbocycles. The van der Waals surface area contributed by atoms with Crippen molar-refractivity contribution in [2.75, 3.05) is 17.7 Å². The fourth-order valence-electron chi connectivity index (χ4n) is 3.49.